The van der Waals surface area contributed by atoms with E-state index in [1.807, 2.05) is 45.9 Å². The molecule has 5 nitrogen and oxygen atoms in total. The molecular formula is C33H39NO4. The molecule has 1 aromatic heterocycles. The van der Waals surface area contributed by atoms with E-state index in [0.29, 0.717) is 18.9 Å². The van der Waals surface area contributed by atoms with Gasteiger partial charge in [-0.15, -0.1) is 0 Å². The van der Waals surface area contributed by atoms with E-state index in [1.165, 1.54) is 11.1 Å². The highest BCUT2D eigenvalue weighted by molar-refractivity contribution is 5.75. The topological polar surface area (TPSA) is 72.6 Å². The summed E-state index contributed by atoms with van der Waals surface area (Å²) in [5, 5.41) is 9.44. The Bertz CT molecular complexity index is 1310. The standard InChI is InChI=1S/C31H33NO4.C2H6/c1-5-6-7-8-21(3)31-32-28(22(4)36-31)15-16-35-26-17-24-13-14-25(18-29(33)34)30(24)27(19-26)23-11-9-20(2)10-12-23;1-2/h5-12,17,19,25H,1,13-16,18H2,2-4H3,(H,33,34);1-2H3/b7-6-,21-8+;. The Kier molecular flexibility index (Phi) is 10.3. The van der Waals surface area contributed by atoms with Crippen molar-refractivity contribution in [2.75, 3.05) is 6.61 Å². The number of aryl methyl sites for hydroxylation is 3. The molecule has 3 aromatic rings. The number of aromatic nitrogens is 1. The number of benzene rings is 2. The molecule has 2 aromatic carbocycles. The van der Waals surface area contributed by atoms with Crippen molar-refractivity contribution in [2.45, 2.75) is 66.2 Å². The molecule has 5 heteroatoms. The highest BCUT2D eigenvalue weighted by atomic mass is 16.5. The molecule has 0 bridgehead atoms. The Hall–Kier alpha value is -3.86. The predicted octanol–water partition coefficient (Wildman–Crippen LogP) is 8.26. The number of rotatable bonds is 10. The predicted molar refractivity (Wildman–Crippen MR) is 155 cm³/mol. The van der Waals surface area contributed by atoms with Gasteiger partial charge in [-0.3, -0.25) is 4.79 Å². The molecule has 0 radical (unpaired) electrons. The number of aliphatic carboxylic acids is 1. The van der Waals surface area contributed by atoms with Crippen LogP contribution in [0.5, 0.6) is 5.75 Å². The number of allylic oxidation sites excluding steroid dienone is 5. The fourth-order valence-corrected chi connectivity index (χ4v) is 4.76. The Morgan fingerprint density at radius 3 is 2.61 bits per heavy atom. The van der Waals surface area contributed by atoms with E-state index < -0.39 is 5.97 Å². The van der Waals surface area contributed by atoms with Gasteiger partial charge in [0, 0.05) is 12.0 Å². The van der Waals surface area contributed by atoms with Gasteiger partial charge in [0.05, 0.1) is 18.7 Å². The van der Waals surface area contributed by atoms with Gasteiger partial charge >= 0.3 is 5.97 Å². The average Bonchev–Trinajstić information content (AvgIpc) is 3.48. The molecule has 1 N–H and O–H groups in total. The highest BCUT2D eigenvalue weighted by Crippen LogP contribution is 2.44. The van der Waals surface area contributed by atoms with Crippen molar-refractivity contribution in [3.8, 4) is 16.9 Å². The zero-order valence-corrected chi connectivity index (χ0v) is 23.2. The first kappa shape index (κ1) is 28.7. The number of fused-ring (bicyclic) bond motifs is 1. The van der Waals surface area contributed by atoms with Crippen LogP contribution in [0.25, 0.3) is 16.7 Å². The number of oxazole rings is 1. The lowest BCUT2D eigenvalue weighted by Gasteiger charge is -2.17. The molecule has 0 spiro atoms. The summed E-state index contributed by atoms with van der Waals surface area (Å²) in [6.07, 6.45) is 9.93. The van der Waals surface area contributed by atoms with E-state index in [2.05, 4.69) is 54.9 Å². The number of hydrogen-bond acceptors (Lipinski definition) is 4. The number of ether oxygens (including phenoxy) is 1. The number of carboxylic acids is 1. The van der Waals surface area contributed by atoms with Gasteiger partial charge in [-0.2, -0.15) is 0 Å². The Balaban J connectivity index is 0.00000195. The van der Waals surface area contributed by atoms with Crippen molar-refractivity contribution in [1.82, 2.24) is 4.98 Å². The van der Waals surface area contributed by atoms with Gasteiger partial charge in [-0.1, -0.05) is 74.6 Å². The van der Waals surface area contributed by atoms with Crippen molar-refractivity contribution < 1.29 is 19.1 Å². The van der Waals surface area contributed by atoms with E-state index in [0.717, 1.165) is 52.3 Å². The Morgan fingerprint density at radius 2 is 1.92 bits per heavy atom. The van der Waals surface area contributed by atoms with Gasteiger partial charge < -0.3 is 14.3 Å². The molecule has 38 heavy (non-hydrogen) atoms. The van der Waals surface area contributed by atoms with Crippen LogP contribution in [0.4, 0.5) is 0 Å². The number of carboxylic acid groups (broad SMARTS) is 1. The minimum atomic E-state index is -0.757. The summed E-state index contributed by atoms with van der Waals surface area (Å²) in [4.78, 5) is 16.1. The molecule has 4 rings (SSSR count). The van der Waals surface area contributed by atoms with Crippen LogP contribution in [0, 0.1) is 13.8 Å². The summed E-state index contributed by atoms with van der Waals surface area (Å²) < 4.78 is 12.1. The van der Waals surface area contributed by atoms with Crippen molar-refractivity contribution in [3.63, 3.8) is 0 Å². The Labute approximate surface area is 226 Å². The van der Waals surface area contributed by atoms with Crippen LogP contribution in [-0.2, 0) is 17.6 Å². The third-order valence-electron chi connectivity index (χ3n) is 6.62. The molecule has 1 heterocycles. The molecule has 1 atom stereocenters. The van der Waals surface area contributed by atoms with Gasteiger partial charge in [-0.25, -0.2) is 4.98 Å². The van der Waals surface area contributed by atoms with Gasteiger partial charge in [0.1, 0.15) is 11.5 Å². The fourth-order valence-electron chi connectivity index (χ4n) is 4.76. The van der Waals surface area contributed by atoms with Crippen LogP contribution in [-0.4, -0.2) is 22.7 Å². The lowest BCUT2D eigenvalue weighted by Crippen LogP contribution is -2.06. The SMILES string of the molecule is C=C/C=C\C=C(/C)c1nc(CCOc2cc3c(c(-c4ccc(C)cc4)c2)C(CC(=O)O)CC3)c(C)o1.CC. The molecule has 0 fully saturated rings. The monoisotopic (exact) mass is 513 g/mol. The number of nitrogens with zero attached hydrogens (tertiary/aromatic N) is 1. The maximum atomic E-state index is 11.5. The van der Waals surface area contributed by atoms with E-state index in [-0.39, 0.29) is 12.3 Å². The van der Waals surface area contributed by atoms with Crippen molar-refractivity contribution in [3.05, 3.63) is 101 Å². The maximum Gasteiger partial charge on any atom is 0.303 e. The lowest BCUT2D eigenvalue weighted by molar-refractivity contribution is -0.137. The van der Waals surface area contributed by atoms with Gasteiger partial charge in [0.15, 0.2) is 0 Å². The van der Waals surface area contributed by atoms with Crippen LogP contribution in [0.3, 0.4) is 0 Å². The summed E-state index contributed by atoms with van der Waals surface area (Å²) in [6, 6.07) is 12.5. The fraction of sp³-hybridized carbons (Fsp3) is 0.333. The molecular weight excluding hydrogens is 474 g/mol. The van der Waals surface area contributed by atoms with Crippen LogP contribution >= 0.6 is 0 Å². The highest BCUT2D eigenvalue weighted by Gasteiger charge is 2.28. The van der Waals surface area contributed by atoms with Crippen LogP contribution in [0.2, 0.25) is 0 Å². The first-order valence-corrected chi connectivity index (χ1v) is 13.4. The number of hydrogen-bond donors (Lipinski definition) is 1. The molecule has 0 saturated heterocycles. The number of carbonyl (C=O) groups is 1. The average molecular weight is 514 g/mol. The quantitative estimate of drug-likeness (QED) is 0.276. The summed E-state index contributed by atoms with van der Waals surface area (Å²) in [7, 11) is 0. The van der Waals surface area contributed by atoms with Gasteiger partial charge in [0.2, 0.25) is 5.89 Å². The Morgan fingerprint density at radius 1 is 1.18 bits per heavy atom. The molecule has 1 unspecified atom stereocenters. The van der Waals surface area contributed by atoms with Crippen LogP contribution in [0.15, 0.2) is 71.7 Å². The lowest BCUT2D eigenvalue weighted by atomic mass is 9.89. The second kappa shape index (κ2) is 13.6. The zero-order chi connectivity index (χ0) is 27.7. The van der Waals surface area contributed by atoms with E-state index in [1.54, 1.807) is 6.08 Å². The van der Waals surface area contributed by atoms with Crippen LogP contribution < -0.4 is 4.74 Å². The first-order valence-electron chi connectivity index (χ1n) is 13.4. The van der Waals surface area contributed by atoms with Crippen LogP contribution in [0.1, 0.15) is 73.6 Å². The van der Waals surface area contributed by atoms with E-state index in [9.17, 15) is 9.90 Å². The molecule has 200 valence electrons. The van der Waals surface area contributed by atoms with Gasteiger partial charge in [0.25, 0.3) is 0 Å². The maximum absolute atomic E-state index is 11.5. The molecule has 1 aliphatic rings. The minimum Gasteiger partial charge on any atom is -0.493 e. The molecule has 1 aliphatic carbocycles. The van der Waals surface area contributed by atoms with E-state index in [4.69, 9.17) is 9.15 Å². The summed E-state index contributed by atoms with van der Waals surface area (Å²) in [6.45, 7) is 14.1. The minimum absolute atomic E-state index is 0.0247. The van der Waals surface area contributed by atoms with Crippen molar-refractivity contribution in [1.29, 1.82) is 0 Å². The van der Waals surface area contributed by atoms with E-state index >= 15 is 0 Å². The zero-order valence-electron chi connectivity index (χ0n) is 23.2. The first-order chi connectivity index (χ1) is 18.4. The second-order valence-electron chi connectivity index (χ2n) is 9.33. The smallest absolute Gasteiger partial charge is 0.303 e. The van der Waals surface area contributed by atoms with Crippen molar-refractivity contribution in [2.24, 2.45) is 0 Å². The normalized spacial score (nSPS) is 14.7. The van der Waals surface area contributed by atoms with Crippen molar-refractivity contribution >= 4 is 11.5 Å². The second-order valence-corrected chi connectivity index (χ2v) is 9.33. The summed E-state index contributed by atoms with van der Waals surface area (Å²) in [5.41, 5.74) is 7.51. The third kappa shape index (κ3) is 7.12. The third-order valence-corrected chi connectivity index (χ3v) is 6.62. The molecule has 0 aliphatic heterocycles. The summed E-state index contributed by atoms with van der Waals surface area (Å²) in [5.74, 6) is 1.47. The largest absolute Gasteiger partial charge is 0.493 e. The molecule has 0 saturated carbocycles. The van der Waals surface area contributed by atoms with Gasteiger partial charge in [-0.05, 0) is 73.9 Å². The molecule has 0 amide bonds. The summed E-state index contributed by atoms with van der Waals surface area (Å²) >= 11 is 0.